The lowest BCUT2D eigenvalue weighted by Crippen LogP contribution is -2.27. The van der Waals surface area contributed by atoms with Crippen LogP contribution in [0.5, 0.6) is 0 Å². The number of hydrogen-bond acceptors (Lipinski definition) is 2. The first kappa shape index (κ1) is 9.66. The summed E-state index contributed by atoms with van der Waals surface area (Å²) < 4.78 is 0. The summed E-state index contributed by atoms with van der Waals surface area (Å²) in [5.74, 6) is 0. The third kappa shape index (κ3) is 5.79. The van der Waals surface area contributed by atoms with Gasteiger partial charge in [-0.15, -0.1) is 0 Å². The Kier molecular flexibility index (Phi) is 5.26. The zero-order valence-electron chi connectivity index (χ0n) is 6.85. The fourth-order valence-corrected chi connectivity index (χ4v) is 0.597. The molecule has 0 saturated carbocycles. The van der Waals surface area contributed by atoms with E-state index in [1.54, 1.807) is 0 Å². The van der Waals surface area contributed by atoms with E-state index in [1.165, 1.54) is 0 Å². The third-order valence-corrected chi connectivity index (χ3v) is 1.28. The molecule has 1 atom stereocenters. The Bertz CT molecular complexity index is 101. The van der Waals surface area contributed by atoms with Gasteiger partial charge in [-0.25, -0.2) is 0 Å². The van der Waals surface area contributed by atoms with Crippen molar-refractivity contribution in [3.05, 3.63) is 12.2 Å². The monoisotopic (exact) mass is 143 g/mol. The Hall–Kier alpha value is -0.340. The Morgan fingerprint density at radius 2 is 2.30 bits per heavy atom. The average Bonchev–Trinajstić information content (AvgIpc) is 1.87. The molecule has 2 N–H and O–H groups in total. The molecule has 60 valence electrons. The van der Waals surface area contributed by atoms with E-state index in [0.29, 0.717) is 6.54 Å². The molecule has 0 aliphatic heterocycles. The largest absolute Gasteiger partial charge is 0.392 e. The molecule has 0 aromatic carbocycles. The van der Waals surface area contributed by atoms with Gasteiger partial charge >= 0.3 is 0 Å². The summed E-state index contributed by atoms with van der Waals surface area (Å²) in [4.78, 5) is 0. The first-order valence-corrected chi connectivity index (χ1v) is 3.70. The van der Waals surface area contributed by atoms with Crippen molar-refractivity contribution in [2.45, 2.75) is 26.4 Å². The SMILES string of the molecule is C=C(C)CNC[C@@H](O)CC. The van der Waals surface area contributed by atoms with Gasteiger partial charge in [0.05, 0.1) is 6.10 Å². The molecule has 0 aromatic heterocycles. The zero-order chi connectivity index (χ0) is 7.98. The van der Waals surface area contributed by atoms with Gasteiger partial charge in [-0.05, 0) is 13.3 Å². The molecule has 0 aliphatic rings. The molecule has 0 aliphatic carbocycles. The van der Waals surface area contributed by atoms with Crippen molar-refractivity contribution in [1.29, 1.82) is 0 Å². The molecule has 0 spiro atoms. The number of aliphatic hydroxyl groups excluding tert-OH is 1. The highest BCUT2D eigenvalue weighted by molar-refractivity contribution is 4.90. The summed E-state index contributed by atoms with van der Waals surface area (Å²) in [7, 11) is 0. The van der Waals surface area contributed by atoms with Gasteiger partial charge in [-0.2, -0.15) is 0 Å². The standard InChI is InChI=1S/C8H17NO/c1-4-8(10)6-9-5-7(2)3/h8-10H,2,4-6H2,1,3H3/t8-/m0/s1. The molecule has 0 amide bonds. The number of aliphatic hydroxyl groups is 1. The minimum atomic E-state index is -0.209. The van der Waals surface area contributed by atoms with Crippen LogP contribution in [0.3, 0.4) is 0 Å². The van der Waals surface area contributed by atoms with Crippen molar-refractivity contribution >= 4 is 0 Å². The second-order valence-corrected chi connectivity index (χ2v) is 2.65. The van der Waals surface area contributed by atoms with Crippen LogP contribution in [0.2, 0.25) is 0 Å². The Labute approximate surface area is 62.9 Å². The summed E-state index contributed by atoms with van der Waals surface area (Å²) in [6.45, 7) is 9.14. The van der Waals surface area contributed by atoms with Crippen LogP contribution in [0.4, 0.5) is 0 Å². The summed E-state index contributed by atoms with van der Waals surface area (Å²) >= 11 is 0. The quantitative estimate of drug-likeness (QED) is 0.561. The van der Waals surface area contributed by atoms with Gasteiger partial charge in [-0.3, -0.25) is 0 Å². The molecule has 0 bridgehead atoms. The minimum absolute atomic E-state index is 0.209. The average molecular weight is 143 g/mol. The minimum Gasteiger partial charge on any atom is -0.392 e. The molecule has 0 saturated heterocycles. The van der Waals surface area contributed by atoms with Gasteiger partial charge < -0.3 is 10.4 Å². The fraction of sp³-hybridized carbons (Fsp3) is 0.750. The van der Waals surface area contributed by atoms with Crippen molar-refractivity contribution in [3.63, 3.8) is 0 Å². The predicted octanol–water partition coefficient (Wildman–Crippen LogP) is 0.923. The Morgan fingerprint density at radius 1 is 1.70 bits per heavy atom. The van der Waals surface area contributed by atoms with Crippen LogP contribution in [0, 0.1) is 0 Å². The van der Waals surface area contributed by atoms with Crippen LogP contribution < -0.4 is 5.32 Å². The highest BCUT2D eigenvalue weighted by Crippen LogP contribution is 1.87. The highest BCUT2D eigenvalue weighted by atomic mass is 16.3. The topological polar surface area (TPSA) is 32.3 Å². The van der Waals surface area contributed by atoms with Gasteiger partial charge in [0, 0.05) is 13.1 Å². The molecule has 0 aromatic rings. The first-order valence-electron chi connectivity index (χ1n) is 3.70. The highest BCUT2D eigenvalue weighted by Gasteiger charge is 1.97. The normalized spacial score (nSPS) is 13.1. The van der Waals surface area contributed by atoms with E-state index in [-0.39, 0.29) is 6.10 Å². The third-order valence-electron chi connectivity index (χ3n) is 1.28. The van der Waals surface area contributed by atoms with Crippen LogP contribution in [0.1, 0.15) is 20.3 Å². The first-order chi connectivity index (χ1) is 4.66. The van der Waals surface area contributed by atoms with E-state index in [1.807, 2.05) is 13.8 Å². The smallest absolute Gasteiger partial charge is 0.0662 e. The van der Waals surface area contributed by atoms with Gasteiger partial charge in [0.15, 0.2) is 0 Å². The predicted molar refractivity (Wildman–Crippen MR) is 44.0 cm³/mol. The lowest BCUT2D eigenvalue weighted by atomic mass is 10.2. The number of rotatable bonds is 5. The van der Waals surface area contributed by atoms with Crippen molar-refractivity contribution in [2.24, 2.45) is 0 Å². The summed E-state index contributed by atoms with van der Waals surface area (Å²) in [5.41, 5.74) is 1.10. The van der Waals surface area contributed by atoms with Crippen molar-refractivity contribution in [3.8, 4) is 0 Å². The summed E-state index contributed by atoms with van der Waals surface area (Å²) in [6.07, 6.45) is 0.600. The molecule has 0 fully saturated rings. The molecule has 2 nitrogen and oxygen atoms in total. The van der Waals surface area contributed by atoms with E-state index in [4.69, 9.17) is 5.11 Å². The molecule has 0 radical (unpaired) electrons. The second kappa shape index (κ2) is 5.45. The van der Waals surface area contributed by atoms with Crippen LogP contribution >= 0.6 is 0 Å². The van der Waals surface area contributed by atoms with Gasteiger partial charge in [0.1, 0.15) is 0 Å². The van der Waals surface area contributed by atoms with Crippen molar-refractivity contribution in [1.82, 2.24) is 5.32 Å². The maximum Gasteiger partial charge on any atom is 0.0662 e. The molecule has 2 heteroatoms. The van der Waals surface area contributed by atoms with E-state index >= 15 is 0 Å². The van der Waals surface area contributed by atoms with Gasteiger partial charge in [0.25, 0.3) is 0 Å². The molecule has 0 unspecified atom stereocenters. The Morgan fingerprint density at radius 3 is 2.70 bits per heavy atom. The van der Waals surface area contributed by atoms with E-state index in [0.717, 1.165) is 18.5 Å². The van der Waals surface area contributed by atoms with Crippen molar-refractivity contribution in [2.75, 3.05) is 13.1 Å². The van der Waals surface area contributed by atoms with Crippen LogP contribution in [-0.2, 0) is 0 Å². The summed E-state index contributed by atoms with van der Waals surface area (Å²) in [6, 6.07) is 0. The van der Waals surface area contributed by atoms with Crippen LogP contribution in [0.25, 0.3) is 0 Å². The maximum absolute atomic E-state index is 9.08. The number of hydrogen-bond donors (Lipinski definition) is 2. The van der Waals surface area contributed by atoms with Crippen molar-refractivity contribution < 1.29 is 5.11 Å². The molecule has 0 heterocycles. The van der Waals surface area contributed by atoms with E-state index < -0.39 is 0 Å². The fourth-order valence-electron chi connectivity index (χ4n) is 0.597. The number of nitrogens with one attached hydrogen (secondary N) is 1. The molecule has 10 heavy (non-hydrogen) atoms. The zero-order valence-corrected chi connectivity index (χ0v) is 6.85. The lowest BCUT2D eigenvalue weighted by molar-refractivity contribution is 0.168. The molecule has 0 rings (SSSR count). The van der Waals surface area contributed by atoms with Crippen LogP contribution in [-0.4, -0.2) is 24.3 Å². The second-order valence-electron chi connectivity index (χ2n) is 2.65. The van der Waals surface area contributed by atoms with Gasteiger partial charge in [-0.1, -0.05) is 19.1 Å². The Balaban J connectivity index is 3.11. The molecular formula is C8H17NO. The maximum atomic E-state index is 9.08. The van der Waals surface area contributed by atoms with Crippen LogP contribution in [0.15, 0.2) is 12.2 Å². The summed E-state index contributed by atoms with van der Waals surface area (Å²) in [5, 5.41) is 12.2. The van der Waals surface area contributed by atoms with Gasteiger partial charge in [0.2, 0.25) is 0 Å². The van der Waals surface area contributed by atoms with E-state index in [9.17, 15) is 0 Å². The molecular weight excluding hydrogens is 126 g/mol. The van der Waals surface area contributed by atoms with E-state index in [2.05, 4.69) is 11.9 Å². The lowest BCUT2D eigenvalue weighted by Gasteiger charge is -2.08.